The van der Waals surface area contributed by atoms with Crippen LogP contribution < -0.4 is 11.2 Å². The van der Waals surface area contributed by atoms with Gasteiger partial charge < -0.3 is 0 Å². The van der Waals surface area contributed by atoms with Gasteiger partial charge in [0.25, 0.3) is 5.56 Å². The van der Waals surface area contributed by atoms with Crippen molar-refractivity contribution in [1.82, 2.24) is 9.55 Å². The summed E-state index contributed by atoms with van der Waals surface area (Å²) in [7, 11) is 0. The lowest BCUT2D eigenvalue weighted by molar-refractivity contribution is 0.620. The quantitative estimate of drug-likeness (QED) is 0.679. The van der Waals surface area contributed by atoms with E-state index in [0.29, 0.717) is 12.1 Å². The molecule has 0 atom stereocenters. The van der Waals surface area contributed by atoms with Gasteiger partial charge in [-0.3, -0.25) is 14.3 Å². The lowest BCUT2D eigenvalue weighted by Gasteiger charge is -2.09. The van der Waals surface area contributed by atoms with E-state index in [9.17, 15) is 9.59 Å². The van der Waals surface area contributed by atoms with Crippen LogP contribution in [-0.4, -0.2) is 21.6 Å². The van der Waals surface area contributed by atoms with E-state index < -0.39 is 5.69 Å². The summed E-state index contributed by atoms with van der Waals surface area (Å²) < 4.78 is 1.22. The average molecular weight is 325 g/mol. The molecule has 1 heterocycles. The summed E-state index contributed by atoms with van der Waals surface area (Å²) in [5.41, 5.74) is 1.31. The van der Waals surface area contributed by atoms with Crippen LogP contribution in [0.5, 0.6) is 0 Å². The van der Waals surface area contributed by atoms with E-state index in [4.69, 9.17) is 11.6 Å². The zero-order valence-electron chi connectivity index (χ0n) is 12.0. The molecular formula is C15H17ClN2O2S. The zero-order valence-corrected chi connectivity index (χ0v) is 13.6. The molecule has 21 heavy (non-hydrogen) atoms. The number of aryl methyl sites for hydroxylation is 1. The lowest BCUT2D eigenvalue weighted by atomic mass is 10.1. The molecule has 2 aromatic rings. The Bertz CT molecular complexity index is 752. The average Bonchev–Trinajstić information content (AvgIpc) is 2.42. The highest BCUT2D eigenvalue weighted by molar-refractivity contribution is 7.98. The van der Waals surface area contributed by atoms with Gasteiger partial charge in [0, 0.05) is 6.54 Å². The Kier molecular flexibility index (Phi) is 5.31. The third-order valence-electron chi connectivity index (χ3n) is 3.18. The Balaban J connectivity index is 2.54. The second-order valence-corrected chi connectivity index (χ2v) is 6.16. The number of halogens is 1. The van der Waals surface area contributed by atoms with Gasteiger partial charge in [0.1, 0.15) is 5.15 Å². The number of hydrogen-bond donors (Lipinski definition) is 1. The minimum Gasteiger partial charge on any atom is -0.297 e. The molecule has 0 radical (unpaired) electrons. The molecule has 0 bridgehead atoms. The number of benzene rings is 1. The third kappa shape index (κ3) is 3.60. The number of aromatic amines is 1. The fourth-order valence-electron chi connectivity index (χ4n) is 2.17. The molecule has 1 N–H and O–H groups in total. The monoisotopic (exact) mass is 324 g/mol. The van der Waals surface area contributed by atoms with Crippen molar-refractivity contribution in [3.63, 3.8) is 0 Å². The van der Waals surface area contributed by atoms with Gasteiger partial charge in [-0.15, -0.1) is 0 Å². The van der Waals surface area contributed by atoms with Crippen LogP contribution in [0.1, 0.15) is 12.0 Å². The Morgan fingerprint density at radius 1 is 1.33 bits per heavy atom. The highest BCUT2D eigenvalue weighted by Gasteiger charge is 2.14. The van der Waals surface area contributed by atoms with E-state index >= 15 is 0 Å². The van der Waals surface area contributed by atoms with Gasteiger partial charge >= 0.3 is 5.69 Å². The smallest absolute Gasteiger partial charge is 0.297 e. The van der Waals surface area contributed by atoms with E-state index in [1.165, 1.54) is 4.57 Å². The summed E-state index contributed by atoms with van der Waals surface area (Å²) in [5.74, 6) is 0.897. The molecule has 1 aromatic heterocycles. The summed E-state index contributed by atoms with van der Waals surface area (Å²) >= 11 is 7.77. The molecule has 0 aliphatic carbocycles. The van der Waals surface area contributed by atoms with Gasteiger partial charge in [-0.05, 0) is 30.9 Å². The molecular weight excluding hydrogens is 308 g/mol. The van der Waals surface area contributed by atoms with Gasteiger partial charge in [-0.2, -0.15) is 11.8 Å². The second kappa shape index (κ2) is 7.00. The number of thioether (sulfide) groups is 1. The topological polar surface area (TPSA) is 54.9 Å². The molecule has 0 amide bonds. The van der Waals surface area contributed by atoms with E-state index in [0.717, 1.165) is 23.3 Å². The maximum absolute atomic E-state index is 12.6. The summed E-state index contributed by atoms with van der Waals surface area (Å²) in [6.07, 6.45) is 2.76. The molecule has 0 aliphatic rings. The van der Waals surface area contributed by atoms with Crippen LogP contribution in [0.15, 0.2) is 33.9 Å². The first-order valence-corrected chi connectivity index (χ1v) is 8.40. The van der Waals surface area contributed by atoms with Gasteiger partial charge in [0.05, 0.1) is 5.56 Å². The number of H-pyrrole nitrogens is 1. The second-order valence-electron chi connectivity index (χ2n) is 4.79. The maximum atomic E-state index is 12.6. The van der Waals surface area contributed by atoms with Crippen molar-refractivity contribution in [3.8, 4) is 11.1 Å². The van der Waals surface area contributed by atoms with Crippen LogP contribution in [0.2, 0.25) is 5.15 Å². The fraction of sp³-hybridized carbons (Fsp3) is 0.333. The van der Waals surface area contributed by atoms with Gasteiger partial charge in [-0.1, -0.05) is 41.4 Å². The standard InChI is InChI=1S/C15H17ClN2O2S/c1-10-5-3-6-11(9-10)12-13(16)17-15(20)18(14(12)19)7-4-8-21-2/h3,5-6,9H,4,7-8H2,1-2H3,(H,17,20). The predicted octanol–water partition coefficient (Wildman–Crippen LogP) is 2.92. The van der Waals surface area contributed by atoms with Gasteiger partial charge in [0.15, 0.2) is 0 Å². The van der Waals surface area contributed by atoms with Crippen LogP contribution in [-0.2, 0) is 6.54 Å². The minimum absolute atomic E-state index is 0.0942. The molecule has 0 fully saturated rings. The van der Waals surface area contributed by atoms with Crippen molar-refractivity contribution in [3.05, 3.63) is 55.8 Å². The van der Waals surface area contributed by atoms with Crippen LogP contribution in [0.25, 0.3) is 11.1 Å². The number of nitrogens with zero attached hydrogens (tertiary/aromatic N) is 1. The zero-order chi connectivity index (χ0) is 15.4. The van der Waals surface area contributed by atoms with Gasteiger partial charge in [-0.25, -0.2) is 4.79 Å². The number of rotatable bonds is 5. The molecule has 2 rings (SSSR count). The summed E-state index contributed by atoms with van der Waals surface area (Å²) in [6, 6.07) is 7.51. The number of nitrogens with one attached hydrogen (secondary N) is 1. The van der Waals surface area contributed by atoms with Crippen molar-refractivity contribution in [2.24, 2.45) is 0 Å². The number of aromatic nitrogens is 2. The molecule has 0 unspecified atom stereocenters. The third-order valence-corrected chi connectivity index (χ3v) is 4.16. The largest absolute Gasteiger partial charge is 0.329 e. The molecule has 4 nitrogen and oxygen atoms in total. The first-order valence-electron chi connectivity index (χ1n) is 6.63. The minimum atomic E-state index is -0.456. The van der Waals surface area contributed by atoms with E-state index in [1.54, 1.807) is 11.8 Å². The van der Waals surface area contributed by atoms with E-state index in [1.807, 2.05) is 37.4 Å². The highest BCUT2D eigenvalue weighted by atomic mass is 35.5. The Hall–Kier alpha value is -1.46. The molecule has 0 aliphatic heterocycles. The summed E-state index contributed by atoms with van der Waals surface area (Å²) in [4.78, 5) is 27.0. The molecule has 0 saturated carbocycles. The van der Waals surface area contributed by atoms with Crippen molar-refractivity contribution in [2.75, 3.05) is 12.0 Å². The van der Waals surface area contributed by atoms with Crippen LogP contribution in [0.3, 0.4) is 0 Å². The molecule has 1 aromatic carbocycles. The Morgan fingerprint density at radius 3 is 2.76 bits per heavy atom. The Labute approximate surface area is 132 Å². The molecule has 0 saturated heterocycles. The predicted molar refractivity (Wildman–Crippen MR) is 89.5 cm³/mol. The van der Waals surface area contributed by atoms with E-state index in [-0.39, 0.29) is 10.7 Å². The van der Waals surface area contributed by atoms with Crippen LogP contribution in [0.4, 0.5) is 0 Å². The van der Waals surface area contributed by atoms with Crippen molar-refractivity contribution >= 4 is 23.4 Å². The maximum Gasteiger partial charge on any atom is 0.329 e. The summed E-state index contributed by atoms with van der Waals surface area (Å²) in [5, 5.41) is 0.0942. The van der Waals surface area contributed by atoms with Gasteiger partial charge in [0.2, 0.25) is 0 Å². The van der Waals surface area contributed by atoms with Crippen molar-refractivity contribution in [1.29, 1.82) is 0 Å². The molecule has 0 spiro atoms. The first kappa shape index (κ1) is 15.9. The Morgan fingerprint density at radius 2 is 2.10 bits per heavy atom. The fourth-order valence-corrected chi connectivity index (χ4v) is 2.85. The van der Waals surface area contributed by atoms with Crippen LogP contribution >= 0.6 is 23.4 Å². The van der Waals surface area contributed by atoms with Crippen LogP contribution in [0, 0.1) is 6.92 Å². The SMILES string of the molecule is CSCCCn1c(=O)[nH]c(Cl)c(-c2cccc(C)c2)c1=O. The van der Waals surface area contributed by atoms with E-state index in [2.05, 4.69) is 4.98 Å². The summed E-state index contributed by atoms with van der Waals surface area (Å²) in [6.45, 7) is 2.34. The molecule has 112 valence electrons. The normalized spacial score (nSPS) is 10.8. The van der Waals surface area contributed by atoms with Crippen molar-refractivity contribution < 1.29 is 0 Å². The first-order chi connectivity index (χ1) is 10.0. The highest BCUT2D eigenvalue weighted by Crippen LogP contribution is 2.22. The molecule has 6 heteroatoms. The number of hydrogen-bond acceptors (Lipinski definition) is 3. The lowest BCUT2D eigenvalue weighted by Crippen LogP contribution is -2.36. The van der Waals surface area contributed by atoms with Crippen molar-refractivity contribution in [2.45, 2.75) is 19.9 Å².